The summed E-state index contributed by atoms with van der Waals surface area (Å²) in [7, 11) is 0. The monoisotopic (exact) mass is 342 g/mol. The average molecular weight is 342 g/mol. The van der Waals surface area contributed by atoms with Gasteiger partial charge in [0, 0.05) is 19.9 Å². The van der Waals surface area contributed by atoms with Gasteiger partial charge in [-0.1, -0.05) is 44.9 Å². The minimum absolute atomic E-state index is 0.0458. The van der Waals surface area contributed by atoms with Gasteiger partial charge < -0.3 is 26.8 Å². The minimum Gasteiger partial charge on any atom is -0.442 e. The van der Waals surface area contributed by atoms with Gasteiger partial charge in [-0.05, 0) is 12.8 Å². The molecule has 0 bridgehead atoms. The van der Waals surface area contributed by atoms with E-state index in [1.165, 1.54) is 45.4 Å². The molecule has 0 aromatic carbocycles. The fourth-order valence-corrected chi connectivity index (χ4v) is 2.45. The van der Waals surface area contributed by atoms with Gasteiger partial charge in [-0.2, -0.15) is 0 Å². The smallest absolute Gasteiger partial charge is 0.304 e. The second-order valence-electron chi connectivity index (χ2n) is 5.97. The standard InChI is InChI=1S/C16H34N6O2/c1-13(23)24-14(22-16(19)20)11-9-7-5-3-2-4-6-8-10-12-21-15(17)18/h14H,2-12H2,1H3,(H4,17,18,21)(H4,19,20,22). The van der Waals surface area contributed by atoms with Crippen molar-refractivity contribution in [2.45, 2.75) is 77.4 Å². The molecular weight excluding hydrogens is 308 g/mol. The number of unbranched alkanes of at least 4 members (excludes halogenated alkanes) is 8. The number of nitrogens with two attached hydrogens (primary N) is 2. The average Bonchev–Trinajstić information content (AvgIpc) is 2.46. The summed E-state index contributed by atoms with van der Waals surface area (Å²) >= 11 is 0. The first-order valence-electron chi connectivity index (χ1n) is 8.77. The Kier molecular flexibility index (Phi) is 13.4. The molecule has 0 saturated heterocycles. The highest BCUT2D eigenvalue weighted by Gasteiger charge is 2.11. The molecule has 0 heterocycles. The zero-order valence-corrected chi connectivity index (χ0v) is 14.8. The third-order valence-electron chi connectivity index (χ3n) is 3.58. The lowest BCUT2D eigenvalue weighted by Crippen LogP contribution is -2.41. The SMILES string of the molecule is CC(=O)OC(CCCCCCCCCCCNC(=N)N)NC(=N)N. The maximum absolute atomic E-state index is 11.0. The zero-order valence-electron chi connectivity index (χ0n) is 14.8. The Balaban J connectivity index is 3.43. The third kappa shape index (κ3) is 16.4. The number of esters is 1. The largest absolute Gasteiger partial charge is 0.442 e. The Bertz CT molecular complexity index is 360. The van der Waals surface area contributed by atoms with Crippen LogP contribution in [-0.2, 0) is 9.53 Å². The lowest BCUT2D eigenvalue weighted by atomic mass is 10.1. The van der Waals surface area contributed by atoms with E-state index < -0.39 is 6.23 Å². The van der Waals surface area contributed by atoms with E-state index in [0.29, 0.717) is 6.42 Å². The molecule has 0 aliphatic heterocycles. The van der Waals surface area contributed by atoms with Gasteiger partial charge in [-0.3, -0.25) is 15.6 Å². The number of ether oxygens (including phenoxy) is 1. The van der Waals surface area contributed by atoms with Crippen LogP contribution in [0.4, 0.5) is 0 Å². The molecule has 24 heavy (non-hydrogen) atoms. The predicted molar refractivity (Wildman–Crippen MR) is 96.7 cm³/mol. The number of guanidine groups is 2. The fourth-order valence-electron chi connectivity index (χ4n) is 2.45. The van der Waals surface area contributed by atoms with E-state index in [2.05, 4.69) is 10.6 Å². The first-order valence-corrected chi connectivity index (χ1v) is 8.77. The zero-order chi connectivity index (χ0) is 18.2. The van der Waals surface area contributed by atoms with Crippen molar-refractivity contribution in [3.63, 3.8) is 0 Å². The summed E-state index contributed by atoms with van der Waals surface area (Å²) < 4.78 is 5.07. The van der Waals surface area contributed by atoms with Crippen molar-refractivity contribution in [3.05, 3.63) is 0 Å². The quantitative estimate of drug-likeness (QED) is 0.0930. The Morgan fingerprint density at radius 3 is 1.88 bits per heavy atom. The van der Waals surface area contributed by atoms with Crippen LogP contribution in [0, 0.1) is 10.8 Å². The van der Waals surface area contributed by atoms with E-state index in [0.717, 1.165) is 25.8 Å². The van der Waals surface area contributed by atoms with E-state index >= 15 is 0 Å². The first-order chi connectivity index (χ1) is 11.4. The summed E-state index contributed by atoms with van der Waals surface area (Å²) in [6.07, 6.45) is 10.5. The Morgan fingerprint density at radius 2 is 1.42 bits per heavy atom. The predicted octanol–water partition coefficient (Wildman–Crippen LogP) is 1.74. The number of nitrogens with one attached hydrogen (secondary N) is 4. The summed E-state index contributed by atoms with van der Waals surface area (Å²) in [5, 5.41) is 19.7. The maximum Gasteiger partial charge on any atom is 0.304 e. The van der Waals surface area contributed by atoms with Crippen molar-refractivity contribution in [2.24, 2.45) is 11.5 Å². The van der Waals surface area contributed by atoms with Crippen LogP contribution in [0.5, 0.6) is 0 Å². The van der Waals surface area contributed by atoms with Gasteiger partial charge in [-0.15, -0.1) is 0 Å². The number of rotatable bonds is 14. The van der Waals surface area contributed by atoms with E-state index in [1.54, 1.807) is 0 Å². The molecule has 0 aliphatic rings. The van der Waals surface area contributed by atoms with Gasteiger partial charge >= 0.3 is 5.97 Å². The number of hydrogen-bond donors (Lipinski definition) is 6. The first kappa shape index (κ1) is 22.0. The molecule has 8 N–H and O–H groups in total. The normalized spacial score (nSPS) is 11.5. The van der Waals surface area contributed by atoms with E-state index in [-0.39, 0.29) is 17.9 Å². The van der Waals surface area contributed by atoms with Gasteiger partial charge in [-0.25, -0.2) is 0 Å². The molecule has 0 radical (unpaired) electrons. The molecule has 0 aromatic heterocycles. The molecule has 8 nitrogen and oxygen atoms in total. The second kappa shape index (κ2) is 14.6. The molecule has 0 aliphatic carbocycles. The Labute approximate surface area is 145 Å². The molecule has 0 spiro atoms. The number of hydrogen-bond acceptors (Lipinski definition) is 4. The van der Waals surface area contributed by atoms with Crippen molar-refractivity contribution in [1.82, 2.24) is 10.6 Å². The van der Waals surface area contributed by atoms with Crippen molar-refractivity contribution in [2.75, 3.05) is 6.54 Å². The van der Waals surface area contributed by atoms with Crippen molar-refractivity contribution >= 4 is 17.9 Å². The van der Waals surface area contributed by atoms with Gasteiger partial charge in [0.15, 0.2) is 18.1 Å². The maximum atomic E-state index is 11.0. The molecule has 0 saturated carbocycles. The lowest BCUT2D eigenvalue weighted by molar-refractivity contribution is -0.147. The number of carbonyl (C=O) groups excluding carboxylic acids is 1. The third-order valence-corrected chi connectivity index (χ3v) is 3.58. The topological polar surface area (TPSA) is 150 Å². The van der Waals surface area contributed by atoms with Gasteiger partial charge in [0.2, 0.25) is 0 Å². The van der Waals surface area contributed by atoms with Crippen molar-refractivity contribution < 1.29 is 9.53 Å². The van der Waals surface area contributed by atoms with E-state index in [4.69, 9.17) is 27.0 Å². The van der Waals surface area contributed by atoms with Crippen LogP contribution < -0.4 is 22.1 Å². The minimum atomic E-state index is -0.497. The molecule has 0 fully saturated rings. The Morgan fingerprint density at radius 1 is 0.917 bits per heavy atom. The second-order valence-corrected chi connectivity index (χ2v) is 5.97. The molecule has 0 amide bonds. The summed E-state index contributed by atoms with van der Waals surface area (Å²) in [4.78, 5) is 11.0. The van der Waals surface area contributed by atoms with E-state index in [9.17, 15) is 4.79 Å². The van der Waals surface area contributed by atoms with Crippen LogP contribution in [-0.4, -0.2) is 30.7 Å². The molecule has 1 atom stereocenters. The number of carbonyl (C=O) groups is 1. The molecule has 140 valence electrons. The summed E-state index contributed by atoms with van der Waals surface area (Å²) in [6.45, 7) is 2.14. The summed E-state index contributed by atoms with van der Waals surface area (Å²) in [6, 6.07) is 0. The summed E-state index contributed by atoms with van der Waals surface area (Å²) in [5.41, 5.74) is 10.5. The molecule has 0 rings (SSSR count). The van der Waals surface area contributed by atoms with Gasteiger partial charge in [0.25, 0.3) is 0 Å². The fraction of sp³-hybridized carbons (Fsp3) is 0.812. The molecule has 8 heteroatoms. The van der Waals surface area contributed by atoms with Crippen LogP contribution >= 0.6 is 0 Å². The van der Waals surface area contributed by atoms with Crippen LogP contribution in [0.2, 0.25) is 0 Å². The molecule has 1 unspecified atom stereocenters. The highest BCUT2D eigenvalue weighted by Crippen LogP contribution is 2.11. The van der Waals surface area contributed by atoms with Crippen molar-refractivity contribution in [3.8, 4) is 0 Å². The van der Waals surface area contributed by atoms with Gasteiger partial charge in [0.05, 0.1) is 0 Å². The van der Waals surface area contributed by atoms with Crippen molar-refractivity contribution in [1.29, 1.82) is 10.8 Å². The van der Waals surface area contributed by atoms with E-state index in [1.807, 2.05) is 0 Å². The van der Waals surface area contributed by atoms with Crippen LogP contribution in [0.25, 0.3) is 0 Å². The highest BCUT2D eigenvalue weighted by atomic mass is 16.6. The van der Waals surface area contributed by atoms with Crippen LogP contribution in [0.1, 0.15) is 71.1 Å². The molecular formula is C16H34N6O2. The molecule has 0 aromatic rings. The van der Waals surface area contributed by atoms with Crippen LogP contribution in [0.15, 0.2) is 0 Å². The van der Waals surface area contributed by atoms with Gasteiger partial charge in [0.1, 0.15) is 0 Å². The highest BCUT2D eigenvalue weighted by molar-refractivity contribution is 5.75. The Hall–Kier alpha value is -1.99. The van der Waals surface area contributed by atoms with Crippen LogP contribution in [0.3, 0.4) is 0 Å². The lowest BCUT2D eigenvalue weighted by Gasteiger charge is -2.18. The summed E-state index contributed by atoms with van der Waals surface area (Å²) in [5.74, 6) is -0.503.